The molecular formula is C18H18N2O4. The Balaban J connectivity index is 1.73. The topological polar surface area (TPSA) is 80.2 Å². The van der Waals surface area contributed by atoms with Gasteiger partial charge in [-0.15, -0.1) is 0 Å². The van der Waals surface area contributed by atoms with E-state index in [9.17, 15) is 4.79 Å². The Bertz CT molecular complexity index is 769. The fraction of sp³-hybridized carbons (Fsp3) is 0.222. The van der Waals surface area contributed by atoms with Gasteiger partial charge < -0.3 is 14.6 Å². The van der Waals surface area contributed by atoms with E-state index >= 15 is 0 Å². The van der Waals surface area contributed by atoms with Crippen molar-refractivity contribution in [2.75, 3.05) is 18.6 Å². The lowest BCUT2D eigenvalue weighted by atomic mass is 10.1. The van der Waals surface area contributed by atoms with Crippen molar-refractivity contribution in [3.63, 3.8) is 0 Å². The Labute approximate surface area is 139 Å². The van der Waals surface area contributed by atoms with Crippen molar-refractivity contribution in [3.05, 3.63) is 53.6 Å². The predicted octanol–water partition coefficient (Wildman–Crippen LogP) is 3.38. The monoisotopic (exact) mass is 326 g/mol. The van der Waals surface area contributed by atoms with Gasteiger partial charge in [-0.25, -0.2) is 4.79 Å². The average Bonchev–Trinajstić information content (AvgIpc) is 2.84. The summed E-state index contributed by atoms with van der Waals surface area (Å²) in [6.07, 6.45) is 0.866. The third kappa shape index (κ3) is 3.65. The van der Waals surface area contributed by atoms with E-state index in [4.69, 9.17) is 14.6 Å². The number of aromatic carboxylic acids is 1. The average molecular weight is 326 g/mol. The lowest BCUT2D eigenvalue weighted by Gasteiger charge is -2.09. The summed E-state index contributed by atoms with van der Waals surface area (Å²) in [5.74, 6) is 0.528. The normalized spacial score (nSPS) is 14.0. The number of nitrogens with zero attached hydrogens (tertiary/aromatic N) is 1. The second kappa shape index (κ2) is 7.04. The van der Waals surface area contributed by atoms with Crippen LogP contribution in [0, 0.1) is 0 Å². The van der Waals surface area contributed by atoms with Crippen LogP contribution in [0.25, 0.3) is 0 Å². The SMILES string of the molecule is CC(=NNc1ccc(C(=O)O)cc1)c1ccc2c(c1)OCCCO2. The molecule has 0 aliphatic carbocycles. The highest BCUT2D eigenvalue weighted by atomic mass is 16.5. The number of nitrogens with one attached hydrogen (secondary N) is 1. The fourth-order valence-electron chi connectivity index (χ4n) is 2.29. The summed E-state index contributed by atoms with van der Waals surface area (Å²) in [5, 5.41) is 13.2. The lowest BCUT2D eigenvalue weighted by Crippen LogP contribution is -2.02. The van der Waals surface area contributed by atoms with E-state index in [1.807, 2.05) is 25.1 Å². The number of fused-ring (bicyclic) bond motifs is 1. The van der Waals surface area contributed by atoms with Crippen molar-refractivity contribution in [2.45, 2.75) is 13.3 Å². The van der Waals surface area contributed by atoms with Crippen LogP contribution in [0.2, 0.25) is 0 Å². The number of hydrogen-bond donors (Lipinski definition) is 2. The minimum absolute atomic E-state index is 0.240. The molecule has 0 fully saturated rings. The highest BCUT2D eigenvalue weighted by Gasteiger charge is 2.11. The van der Waals surface area contributed by atoms with Crippen LogP contribution in [-0.2, 0) is 0 Å². The van der Waals surface area contributed by atoms with Gasteiger partial charge in [0.2, 0.25) is 0 Å². The molecule has 0 saturated carbocycles. The van der Waals surface area contributed by atoms with Gasteiger partial charge in [0.05, 0.1) is 30.2 Å². The minimum atomic E-state index is -0.951. The van der Waals surface area contributed by atoms with Gasteiger partial charge in [-0.05, 0) is 49.4 Å². The first kappa shape index (κ1) is 15.9. The van der Waals surface area contributed by atoms with Crippen LogP contribution in [-0.4, -0.2) is 30.0 Å². The van der Waals surface area contributed by atoms with Crippen molar-refractivity contribution in [1.29, 1.82) is 0 Å². The maximum atomic E-state index is 10.8. The maximum Gasteiger partial charge on any atom is 0.335 e. The molecule has 0 bridgehead atoms. The summed E-state index contributed by atoms with van der Waals surface area (Å²) < 4.78 is 11.3. The predicted molar refractivity (Wildman–Crippen MR) is 91.3 cm³/mol. The van der Waals surface area contributed by atoms with Gasteiger partial charge in [-0.1, -0.05) is 0 Å². The molecule has 3 rings (SSSR count). The van der Waals surface area contributed by atoms with E-state index in [2.05, 4.69) is 10.5 Å². The second-order valence-corrected chi connectivity index (χ2v) is 5.40. The van der Waals surface area contributed by atoms with Crippen LogP contribution in [0.1, 0.15) is 29.3 Å². The number of hydrazone groups is 1. The zero-order valence-electron chi connectivity index (χ0n) is 13.3. The third-order valence-electron chi connectivity index (χ3n) is 3.65. The molecule has 0 unspecified atom stereocenters. The van der Waals surface area contributed by atoms with Gasteiger partial charge >= 0.3 is 5.97 Å². The van der Waals surface area contributed by atoms with Gasteiger partial charge in [0.15, 0.2) is 11.5 Å². The highest BCUT2D eigenvalue weighted by Crippen LogP contribution is 2.30. The molecule has 0 amide bonds. The number of ether oxygens (including phenoxy) is 2. The van der Waals surface area contributed by atoms with Crippen LogP contribution >= 0.6 is 0 Å². The summed E-state index contributed by atoms with van der Waals surface area (Å²) in [6, 6.07) is 12.1. The summed E-state index contributed by atoms with van der Waals surface area (Å²) in [6.45, 7) is 3.19. The van der Waals surface area contributed by atoms with Crippen molar-refractivity contribution < 1.29 is 19.4 Å². The summed E-state index contributed by atoms with van der Waals surface area (Å²) in [7, 11) is 0. The number of carboxylic acids is 1. The molecule has 1 aliphatic rings. The van der Waals surface area contributed by atoms with Crippen LogP contribution in [0.5, 0.6) is 11.5 Å². The first-order chi connectivity index (χ1) is 11.6. The number of carboxylic acid groups (broad SMARTS) is 1. The molecule has 2 aromatic rings. The van der Waals surface area contributed by atoms with E-state index in [0.29, 0.717) is 18.9 Å². The van der Waals surface area contributed by atoms with E-state index in [1.54, 1.807) is 12.1 Å². The quantitative estimate of drug-likeness (QED) is 0.665. The number of anilines is 1. The van der Waals surface area contributed by atoms with E-state index in [-0.39, 0.29) is 5.56 Å². The highest BCUT2D eigenvalue weighted by molar-refractivity contribution is 5.99. The van der Waals surface area contributed by atoms with E-state index in [1.165, 1.54) is 12.1 Å². The van der Waals surface area contributed by atoms with Crippen molar-refractivity contribution >= 4 is 17.4 Å². The molecule has 124 valence electrons. The van der Waals surface area contributed by atoms with E-state index < -0.39 is 5.97 Å². The van der Waals surface area contributed by atoms with Crippen LogP contribution in [0.4, 0.5) is 5.69 Å². The Hall–Kier alpha value is -3.02. The number of carbonyl (C=O) groups is 1. The van der Waals surface area contributed by atoms with Crippen LogP contribution in [0.15, 0.2) is 47.6 Å². The molecule has 1 heterocycles. The molecule has 1 aliphatic heterocycles. The molecule has 0 spiro atoms. The van der Waals surface area contributed by atoms with Gasteiger partial charge in [0, 0.05) is 12.0 Å². The van der Waals surface area contributed by atoms with Crippen LogP contribution < -0.4 is 14.9 Å². The Morgan fingerprint density at radius 2 is 1.71 bits per heavy atom. The standard InChI is InChI=1S/C18H18N2O4/c1-12(19-20-15-6-3-13(4-7-15)18(21)22)14-5-8-16-17(11-14)24-10-2-9-23-16/h3-8,11,20H,2,9-10H2,1H3,(H,21,22). The summed E-state index contributed by atoms with van der Waals surface area (Å²) in [4.78, 5) is 10.8. The van der Waals surface area contributed by atoms with Gasteiger partial charge in [0.25, 0.3) is 0 Å². The van der Waals surface area contributed by atoms with E-state index in [0.717, 1.165) is 29.2 Å². The zero-order valence-corrected chi connectivity index (χ0v) is 13.3. The fourth-order valence-corrected chi connectivity index (χ4v) is 2.29. The molecule has 2 N–H and O–H groups in total. The van der Waals surface area contributed by atoms with Gasteiger partial charge in [0.1, 0.15) is 0 Å². The maximum absolute atomic E-state index is 10.8. The minimum Gasteiger partial charge on any atom is -0.490 e. The van der Waals surface area contributed by atoms with Gasteiger partial charge in [-0.2, -0.15) is 5.10 Å². The second-order valence-electron chi connectivity index (χ2n) is 5.40. The first-order valence-corrected chi connectivity index (χ1v) is 7.67. The lowest BCUT2D eigenvalue weighted by molar-refractivity contribution is 0.0697. The molecule has 6 nitrogen and oxygen atoms in total. The Morgan fingerprint density at radius 3 is 2.42 bits per heavy atom. The molecule has 0 atom stereocenters. The molecule has 0 aromatic heterocycles. The molecule has 6 heteroatoms. The van der Waals surface area contributed by atoms with Crippen molar-refractivity contribution in [3.8, 4) is 11.5 Å². The molecule has 24 heavy (non-hydrogen) atoms. The smallest absolute Gasteiger partial charge is 0.335 e. The van der Waals surface area contributed by atoms with Crippen molar-refractivity contribution in [1.82, 2.24) is 0 Å². The number of rotatable bonds is 4. The molecular weight excluding hydrogens is 308 g/mol. The third-order valence-corrected chi connectivity index (χ3v) is 3.65. The summed E-state index contributed by atoms with van der Waals surface area (Å²) in [5.41, 5.74) is 5.59. The van der Waals surface area contributed by atoms with Crippen molar-refractivity contribution in [2.24, 2.45) is 5.10 Å². The van der Waals surface area contributed by atoms with Gasteiger partial charge in [-0.3, -0.25) is 5.43 Å². The first-order valence-electron chi connectivity index (χ1n) is 7.67. The number of hydrogen-bond acceptors (Lipinski definition) is 5. The number of benzene rings is 2. The molecule has 2 aromatic carbocycles. The Kier molecular flexibility index (Phi) is 4.65. The summed E-state index contributed by atoms with van der Waals surface area (Å²) >= 11 is 0. The molecule has 0 radical (unpaired) electrons. The Morgan fingerprint density at radius 1 is 1.04 bits per heavy atom. The largest absolute Gasteiger partial charge is 0.490 e. The zero-order chi connectivity index (χ0) is 16.9. The van der Waals surface area contributed by atoms with Crippen LogP contribution in [0.3, 0.4) is 0 Å². The molecule has 0 saturated heterocycles.